The molecule has 4 heterocycles. The van der Waals surface area contributed by atoms with Gasteiger partial charge in [-0.05, 0) is 62.4 Å². The van der Waals surface area contributed by atoms with Crippen LogP contribution in [0.4, 0.5) is 0 Å². The van der Waals surface area contributed by atoms with Crippen molar-refractivity contribution in [1.82, 2.24) is 0 Å². The van der Waals surface area contributed by atoms with Crippen LogP contribution in [0.1, 0.15) is 140 Å². The zero-order valence-electron chi connectivity index (χ0n) is 34.5. The number of ketones is 2. The van der Waals surface area contributed by atoms with Gasteiger partial charge in [-0.25, -0.2) is 19.2 Å². The van der Waals surface area contributed by atoms with Crippen molar-refractivity contribution in [2.75, 3.05) is 54.2 Å². The predicted octanol–water partition coefficient (Wildman–Crippen LogP) is 7.19. The van der Waals surface area contributed by atoms with E-state index in [2.05, 4.69) is 9.47 Å². The lowest BCUT2D eigenvalue weighted by molar-refractivity contribution is -0.154. The van der Waals surface area contributed by atoms with Gasteiger partial charge in [-0.15, -0.1) is 0 Å². The lowest BCUT2D eigenvalue weighted by Crippen LogP contribution is -2.36. The summed E-state index contributed by atoms with van der Waals surface area (Å²) >= 11 is 0. The maximum Gasteiger partial charge on any atom is 0.340 e. The Morgan fingerprint density at radius 2 is 0.729 bits per heavy atom. The van der Waals surface area contributed by atoms with E-state index in [-0.39, 0.29) is 164 Å². The number of ether oxygens (including phenoxy) is 12. The first-order chi connectivity index (χ1) is 29.8. The van der Waals surface area contributed by atoms with Gasteiger partial charge in [-0.3, -0.25) is 9.59 Å². The highest BCUT2D eigenvalue weighted by Gasteiger charge is 2.52. The third-order valence-corrected chi connectivity index (χ3v) is 9.82. The predicted molar refractivity (Wildman–Crippen MR) is 258 cm³/mol. The van der Waals surface area contributed by atoms with Crippen LogP contribution >= 0.6 is 0 Å². The van der Waals surface area contributed by atoms with Gasteiger partial charge in [0.2, 0.25) is 6.79 Å². The molecular formula is C50H80O20. The first-order valence-electron chi connectivity index (χ1n) is 19.6. The number of hydrogen-bond acceptors (Lipinski definition) is 20. The largest absolute Gasteiger partial charge is 0.457 e. The highest BCUT2D eigenvalue weighted by atomic mass is 16.7. The normalized spacial score (nSPS) is 21.5. The molecule has 20 nitrogen and oxygen atoms in total. The van der Waals surface area contributed by atoms with E-state index in [0.29, 0.717) is 6.61 Å². The minimum atomic E-state index is -0.717. The van der Waals surface area contributed by atoms with Gasteiger partial charge in [0.15, 0.2) is 25.1 Å². The van der Waals surface area contributed by atoms with Crippen molar-refractivity contribution >= 4 is 47.4 Å². The SMILES string of the molecule is C.C.C.C.C.C.C.C.COC1COC2C(OC(=O)c3ccc(C(=O)OC4COC5C(OC(=O)CCC(C)=O)COC45)cc3)COC12.COCOC(=O)c1ccc(C(=O)OCOC(=O)CCC(C)=O)cc1. The number of carbonyl (C=O) groups is 8. The fourth-order valence-electron chi connectivity index (χ4n) is 6.54. The molecule has 4 saturated heterocycles. The van der Waals surface area contributed by atoms with Gasteiger partial charge in [0.1, 0.15) is 42.1 Å². The molecule has 0 amide bonds. The van der Waals surface area contributed by atoms with Crippen LogP contribution in [0.2, 0.25) is 0 Å². The summed E-state index contributed by atoms with van der Waals surface area (Å²) in [6.07, 6.45) is -3.73. The van der Waals surface area contributed by atoms with Crippen LogP contribution in [0.3, 0.4) is 0 Å². The standard InChI is InChI=1S/C26H30O12.C16H18O8.8CH4/c1-13(27)3-8-20(28)36-17-10-34-24-19(12-35-22(17)24)38-26(30)15-6-4-14(5-7-15)25(29)37-18-11-33-21-16(31-2)9-32-23(18)21;1-11(17)3-8-14(18)22-10-24-16(20)13-6-4-12(5-7-13)15(19)23-9-21-2;;;;;;;;/h4-7,16-19,21-24H,3,8-12H2,1-2H3;4-7H,3,8-10H2,1-2H3;8*1H4. The molecule has 2 aromatic rings. The number of methoxy groups -OCH3 is 2. The second kappa shape index (κ2) is 34.6. The molecule has 0 aliphatic carbocycles. The van der Waals surface area contributed by atoms with Crippen molar-refractivity contribution in [2.24, 2.45) is 0 Å². The topological polar surface area (TPSA) is 247 Å². The van der Waals surface area contributed by atoms with E-state index in [1.807, 2.05) is 0 Å². The van der Waals surface area contributed by atoms with Crippen molar-refractivity contribution in [1.29, 1.82) is 0 Å². The van der Waals surface area contributed by atoms with Gasteiger partial charge in [0.05, 0.1) is 61.5 Å². The molecule has 4 aliphatic heterocycles. The third kappa shape index (κ3) is 20.0. The second-order valence-electron chi connectivity index (χ2n) is 14.3. The van der Waals surface area contributed by atoms with Crippen LogP contribution in [0.25, 0.3) is 0 Å². The molecule has 6 rings (SSSR count). The number of benzene rings is 2. The summed E-state index contributed by atoms with van der Waals surface area (Å²) in [6, 6.07) is 11.5. The third-order valence-electron chi connectivity index (χ3n) is 9.82. The summed E-state index contributed by atoms with van der Waals surface area (Å²) in [6.45, 7) is 2.84. The molecule has 0 saturated carbocycles. The zero-order valence-corrected chi connectivity index (χ0v) is 34.5. The Morgan fingerprint density at radius 1 is 0.414 bits per heavy atom. The number of Topliss-reactive ketones (excluding diaryl/α,β-unsaturated/α-hetero) is 2. The smallest absolute Gasteiger partial charge is 0.340 e. The van der Waals surface area contributed by atoms with E-state index in [1.165, 1.54) is 69.5 Å². The minimum absolute atomic E-state index is 0. The molecule has 0 radical (unpaired) electrons. The van der Waals surface area contributed by atoms with E-state index in [1.54, 1.807) is 7.11 Å². The summed E-state index contributed by atoms with van der Waals surface area (Å²) in [7, 11) is 2.97. The van der Waals surface area contributed by atoms with Crippen molar-refractivity contribution in [2.45, 2.75) is 148 Å². The molecule has 0 spiro atoms. The molecule has 70 heavy (non-hydrogen) atoms. The maximum atomic E-state index is 12.7. The van der Waals surface area contributed by atoms with E-state index < -0.39 is 73.1 Å². The van der Waals surface area contributed by atoms with Crippen molar-refractivity contribution in [3.05, 3.63) is 70.8 Å². The van der Waals surface area contributed by atoms with Crippen LogP contribution in [-0.2, 0) is 76.0 Å². The Labute approximate surface area is 414 Å². The van der Waals surface area contributed by atoms with Gasteiger partial charge < -0.3 is 66.4 Å². The molecular weight excluding hydrogens is 921 g/mol. The van der Waals surface area contributed by atoms with Crippen LogP contribution in [0, 0.1) is 0 Å². The van der Waals surface area contributed by atoms with Crippen molar-refractivity contribution < 1.29 is 95.2 Å². The fourth-order valence-corrected chi connectivity index (χ4v) is 6.54. The molecule has 8 atom stereocenters. The second-order valence-corrected chi connectivity index (χ2v) is 14.3. The van der Waals surface area contributed by atoms with Crippen molar-refractivity contribution in [3.8, 4) is 0 Å². The highest BCUT2D eigenvalue weighted by Crippen LogP contribution is 2.32. The van der Waals surface area contributed by atoms with Gasteiger partial charge >= 0.3 is 35.8 Å². The average Bonchev–Trinajstić information content (AvgIpc) is 4.06. The van der Waals surface area contributed by atoms with Crippen LogP contribution in [-0.4, -0.2) is 150 Å². The molecule has 4 aliphatic rings. The first kappa shape index (κ1) is 70.9. The molecule has 8 unspecified atom stereocenters. The molecule has 20 heteroatoms. The van der Waals surface area contributed by atoms with Gasteiger partial charge in [0.25, 0.3) is 0 Å². The summed E-state index contributed by atoms with van der Waals surface area (Å²) in [5.74, 6) is -3.84. The number of rotatable bonds is 18. The number of hydrogen-bond donors (Lipinski definition) is 0. The quantitative estimate of drug-likeness (QED) is 0.0814. The Hall–Kier alpha value is -5.64. The summed E-state index contributed by atoms with van der Waals surface area (Å²) in [5, 5.41) is 0. The molecule has 0 N–H and O–H groups in total. The molecule has 400 valence electrons. The Kier molecular flexibility index (Phi) is 35.1. The van der Waals surface area contributed by atoms with Crippen LogP contribution in [0.5, 0.6) is 0 Å². The minimum Gasteiger partial charge on any atom is -0.457 e. The molecule has 4 fully saturated rings. The van der Waals surface area contributed by atoms with E-state index in [9.17, 15) is 38.4 Å². The van der Waals surface area contributed by atoms with Gasteiger partial charge in [-0.2, -0.15) is 0 Å². The Morgan fingerprint density at radius 3 is 1.09 bits per heavy atom. The summed E-state index contributed by atoms with van der Waals surface area (Å²) < 4.78 is 63.4. The monoisotopic (exact) mass is 1000 g/mol. The highest BCUT2D eigenvalue weighted by molar-refractivity contribution is 5.94. The van der Waals surface area contributed by atoms with E-state index >= 15 is 0 Å². The van der Waals surface area contributed by atoms with E-state index in [4.69, 9.17) is 47.4 Å². The number of fused-ring (bicyclic) bond motifs is 2. The van der Waals surface area contributed by atoms with Crippen molar-refractivity contribution in [3.63, 3.8) is 0 Å². The Balaban J connectivity index is -0.000000605. The molecule has 0 bridgehead atoms. The molecule has 2 aromatic carbocycles. The van der Waals surface area contributed by atoms with Gasteiger partial charge in [-0.1, -0.05) is 59.4 Å². The maximum absolute atomic E-state index is 12.7. The summed E-state index contributed by atoms with van der Waals surface area (Å²) in [4.78, 5) is 93.6. The number of carbonyl (C=O) groups excluding carboxylic acids is 8. The fraction of sp³-hybridized carbons (Fsp3) is 0.600. The van der Waals surface area contributed by atoms with Crippen LogP contribution in [0.15, 0.2) is 48.5 Å². The summed E-state index contributed by atoms with van der Waals surface area (Å²) in [5.41, 5.74) is 0.933. The van der Waals surface area contributed by atoms with E-state index in [0.717, 1.165) is 0 Å². The lowest BCUT2D eigenvalue weighted by Gasteiger charge is -2.18. The number of esters is 6. The first-order valence-corrected chi connectivity index (χ1v) is 19.6. The molecule has 0 aromatic heterocycles. The van der Waals surface area contributed by atoms with Gasteiger partial charge in [0, 0.05) is 27.1 Å². The van der Waals surface area contributed by atoms with Crippen LogP contribution < -0.4 is 0 Å². The Bertz CT molecular complexity index is 1920. The zero-order chi connectivity index (χ0) is 44.8. The lowest BCUT2D eigenvalue weighted by atomic mass is 10.1. The average molecular weight is 1000 g/mol.